The summed E-state index contributed by atoms with van der Waals surface area (Å²) < 4.78 is 12.8. The Labute approximate surface area is 85.0 Å². The Kier molecular flexibility index (Phi) is 3.59. The molecule has 0 spiro atoms. The smallest absolute Gasteiger partial charge is 0.258 e. The average molecular weight is 216 g/mol. The third kappa shape index (κ3) is 2.81. The molecule has 3 nitrogen and oxygen atoms in total. The van der Waals surface area contributed by atoms with Crippen molar-refractivity contribution in [2.75, 3.05) is 5.88 Å². The molecule has 1 aromatic carbocycles. The number of non-ortho nitro benzene ring substituents is 1. The normalized spacial score (nSPS) is 10.7. The molecular weight excluding hydrogens is 209 g/mol. The zero-order valence-corrected chi connectivity index (χ0v) is 7.87. The van der Waals surface area contributed by atoms with Crippen LogP contribution in [-0.4, -0.2) is 10.8 Å². The lowest BCUT2D eigenvalue weighted by Crippen LogP contribution is -1.90. The number of alkyl halides is 1. The quantitative estimate of drug-likeness (QED) is 0.442. The summed E-state index contributed by atoms with van der Waals surface area (Å²) in [6, 6.07) is 3.36. The van der Waals surface area contributed by atoms with E-state index in [0.29, 0.717) is 5.56 Å². The van der Waals surface area contributed by atoms with Gasteiger partial charge in [0.2, 0.25) is 0 Å². The summed E-state index contributed by atoms with van der Waals surface area (Å²) in [6.45, 7) is 0. The lowest BCUT2D eigenvalue weighted by Gasteiger charge is -1.95. The molecule has 0 saturated heterocycles. The topological polar surface area (TPSA) is 43.1 Å². The van der Waals surface area contributed by atoms with E-state index in [2.05, 4.69) is 0 Å². The molecule has 1 rings (SSSR count). The lowest BCUT2D eigenvalue weighted by molar-refractivity contribution is -0.385. The third-order valence-corrected chi connectivity index (χ3v) is 1.69. The Bertz CT molecular complexity index is 379. The standard InChI is InChI=1S/C9H7ClFNO2/c10-3-1-2-7-4-8(11)6-9(5-7)12(13)14/h1-2,4-6H,3H2. The van der Waals surface area contributed by atoms with Crippen LogP contribution in [0.2, 0.25) is 0 Å². The monoisotopic (exact) mass is 215 g/mol. The van der Waals surface area contributed by atoms with E-state index in [1.807, 2.05) is 0 Å². The summed E-state index contributed by atoms with van der Waals surface area (Å²) in [5.41, 5.74) is 0.163. The zero-order chi connectivity index (χ0) is 10.6. The highest BCUT2D eigenvalue weighted by atomic mass is 35.5. The van der Waals surface area contributed by atoms with E-state index in [1.54, 1.807) is 6.08 Å². The van der Waals surface area contributed by atoms with Gasteiger partial charge in [0.1, 0.15) is 5.82 Å². The molecule has 5 heteroatoms. The van der Waals surface area contributed by atoms with Gasteiger partial charge in [-0.3, -0.25) is 10.1 Å². The fourth-order valence-electron chi connectivity index (χ4n) is 0.979. The largest absolute Gasteiger partial charge is 0.272 e. The van der Waals surface area contributed by atoms with E-state index in [4.69, 9.17) is 11.6 Å². The van der Waals surface area contributed by atoms with Crippen molar-refractivity contribution >= 4 is 23.4 Å². The third-order valence-electron chi connectivity index (χ3n) is 1.52. The van der Waals surface area contributed by atoms with Gasteiger partial charge in [0.25, 0.3) is 5.69 Å². The maximum atomic E-state index is 12.8. The summed E-state index contributed by atoms with van der Waals surface area (Å²) in [5.74, 6) is -0.349. The molecule has 0 unspecified atom stereocenters. The number of allylic oxidation sites excluding steroid dienone is 1. The Balaban J connectivity index is 3.07. The van der Waals surface area contributed by atoms with Gasteiger partial charge in [-0.1, -0.05) is 12.2 Å². The first-order valence-corrected chi connectivity index (χ1v) is 4.34. The zero-order valence-electron chi connectivity index (χ0n) is 7.11. The van der Waals surface area contributed by atoms with Crippen LogP contribution in [0.25, 0.3) is 6.08 Å². The molecule has 0 heterocycles. The summed E-state index contributed by atoms with van der Waals surface area (Å²) in [7, 11) is 0. The molecule has 0 radical (unpaired) electrons. The van der Waals surface area contributed by atoms with Crippen LogP contribution < -0.4 is 0 Å². The van der Waals surface area contributed by atoms with Crippen molar-refractivity contribution in [3.05, 3.63) is 45.8 Å². The van der Waals surface area contributed by atoms with Gasteiger partial charge in [-0.25, -0.2) is 4.39 Å². The minimum Gasteiger partial charge on any atom is -0.258 e. The predicted molar refractivity (Wildman–Crippen MR) is 52.8 cm³/mol. The Hall–Kier alpha value is -1.42. The van der Waals surface area contributed by atoms with E-state index >= 15 is 0 Å². The fourth-order valence-corrected chi connectivity index (χ4v) is 1.07. The summed E-state index contributed by atoms with van der Waals surface area (Å²) in [6.07, 6.45) is 3.11. The van der Waals surface area contributed by atoms with Gasteiger partial charge >= 0.3 is 0 Å². The molecule has 0 aliphatic heterocycles. The van der Waals surface area contributed by atoms with E-state index < -0.39 is 10.7 Å². The molecule has 74 valence electrons. The number of rotatable bonds is 3. The minimum atomic E-state index is -0.638. The Morgan fingerprint density at radius 1 is 1.50 bits per heavy atom. The van der Waals surface area contributed by atoms with Crippen LogP contribution in [0.5, 0.6) is 0 Å². The van der Waals surface area contributed by atoms with Crippen LogP contribution in [-0.2, 0) is 0 Å². The fraction of sp³-hybridized carbons (Fsp3) is 0.111. The van der Waals surface area contributed by atoms with Crippen LogP contribution >= 0.6 is 11.6 Å². The predicted octanol–water partition coefficient (Wildman–Crippen LogP) is 2.99. The van der Waals surface area contributed by atoms with Crippen molar-refractivity contribution in [3.63, 3.8) is 0 Å². The van der Waals surface area contributed by atoms with Crippen LogP contribution in [0.4, 0.5) is 10.1 Å². The molecule has 0 atom stereocenters. The van der Waals surface area contributed by atoms with Crippen LogP contribution in [0.15, 0.2) is 24.3 Å². The Morgan fingerprint density at radius 3 is 2.79 bits per heavy atom. The second-order valence-corrected chi connectivity index (χ2v) is 2.87. The lowest BCUT2D eigenvalue weighted by atomic mass is 10.2. The number of hydrogen-bond donors (Lipinski definition) is 0. The first kappa shape index (κ1) is 10.7. The van der Waals surface area contributed by atoms with Gasteiger partial charge in [0, 0.05) is 11.9 Å². The van der Waals surface area contributed by atoms with Gasteiger partial charge in [-0.2, -0.15) is 0 Å². The maximum Gasteiger partial charge on any atom is 0.272 e. The van der Waals surface area contributed by atoms with Crippen molar-refractivity contribution in [1.29, 1.82) is 0 Å². The first-order chi connectivity index (χ1) is 6.63. The maximum absolute atomic E-state index is 12.8. The second-order valence-electron chi connectivity index (χ2n) is 2.56. The molecule has 0 N–H and O–H groups in total. The van der Waals surface area contributed by atoms with Gasteiger partial charge in [-0.15, -0.1) is 11.6 Å². The van der Waals surface area contributed by atoms with E-state index in [-0.39, 0.29) is 11.6 Å². The van der Waals surface area contributed by atoms with Crippen LogP contribution in [0, 0.1) is 15.9 Å². The molecule has 0 aromatic heterocycles. The molecular formula is C9H7ClFNO2. The highest BCUT2D eigenvalue weighted by Crippen LogP contribution is 2.17. The first-order valence-electron chi connectivity index (χ1n) is 3.81. The van der Waals surface area contributed by atoms with Crippen molar-refractivity contribution in [1.82, 2.24) is 0 Å². The van der Waals surface area contributed by atoms with E-state index in [0.717, 1.165) is 6.07 Å². The molecule has 0 saturated carbocycles. The summed E-state index contributed by atoms with van der Waals surface area (Å²) >= 11 is 5.38. The van der Waals surface area contributed by atoms with Crippen molar-refractivity contribution in [3.8, 4) is 0 Å². The highest BCUT2D eigenvalue weighted by Gasteiger charge is 2.07. The van der Waals surface area contributed by atoms with Gasteiger partial charge < -0.3 is 0 Å². The van der Waals surface area contributed by atoms with Crippen molar-refractivity contribution in [2.24, 2.45) is 0 Å². The van der Waals surface area contributed by atoms with Gasteiger partial charge in [0.15, 0.2) is 0 Å². The summed E-state index contributed by atoms with van der Waals surface area (Å²) in [5, 5.41) is 10.4. The number of hydrogen-bond acceptors (Lipinski definition) is 2. The number of nitrogens with zero attached hydrogens (tertiary/aromatic N) is 1. The molecule has 0 bridgehead atoms. The number of nitro groups is 1. The summed E-state index contributed by atoms with van der Waals surface area (Å²) in [4.78, 5) is 9.73. The molecule has 0 amide bonds. The Morgan fingerprint density at radius 2 is 2.21 bits per heavy atom. The van der Waals surface area contributed by atoms with Crippen LogP contribution in [0.1, 0.15) is 5.56 Å². The van der Waals surface area contributed by atoms with Gasteiger partial charge in [0.05, 0.1) is 11.0 Å². The number of halogens is 2. The van der Waals surface area contributed by atoms with Crippen molar-refractivity contribution < 1.29 is 9.31 Å². The van der Waals surface area contributed by atoms with Gasteiger partial charge in [-0.05, 0) is 11.6 Å². The molecule has 14 heavy (non-hydrogen) atoms. The minimum absolute atomic E-state index is 0.265. The molecule has 1 aromatic rings. The number of nitro benzene ring substituents is 1. The molecule has 0 aliphatic rings. The van der Waals surface area contributed by atoms with Crippen LogP contribution in [0.3, 0.4) is 0 Å². The SMILES string of the molecule is O=[N+]([O-])c1cc(F)cc(C=CCCl)c1. The van der Waals surface area contributed by atoms with E-state index in [9.17, 15) is 14.5 Å². The van der Waals surface area contributed by atoms with E-state index in [1.165, 1.54) is 18.2 Å². The molecule has 0 aliphatic carbocycles. The molecule has 0 fully saturated rings. The number of benzene rings is 1. The van der Waals surface area contributed by atoms with Crippen molar-refractivity contribution in [2.45, 2.75) is 0 Å². The average Bonchev–Trinajstić information content (AvgIpc) is 2.14. The highest BCUT2D eigenvalue weighted by molar-refractivity contribution is 6.19. The second kappa shape index (κ2) is 4.72.